The number of hydrogen-bond donors (Lipinski definition) is 1. The molecule has 0 radical (unpaired) electrons. The standard InChI is InChI=1S/C18H24N2O/c1-13-11-16(14(2)20(13)5)18(21)17(19(3)4)12-15-9-7-6-8-10-15/h6-11,17H,12H2,1-5H3/p+1/t17-/m0/s1. The van der Waals surface area contributed by atoms with Gasteiger partial charge in [0.15, 0.2) is 6.04 Å². The molecule has 21 heavy (non-hydrogen) atoms. The number of benzene rings is 1. The fourth-order valence-corrected chi connectivity index (χ4v) is 2.70. The van der Waals surface area contributed by atoms with Gasteiger partial charge in [0, 0.05) is 30.4 Å². The predicted octanol–water partition coefficient (Wildman–Crippen LogP) is 1.58. The Labute approximate surface area is 127 Å². The molecular weight excluding hydrogens is 260 g/mol. The maximum absolute atomic E-state index is 12.9. The molecule has 1 heterocycles. The smallest absolute Gasteiger partial charge is 0.222 e. The Morgan fingerprint density at radius 1 is 1.19 bits per heavy atom. The molecule has 2 aromatic rings. The molecule has 1 N–H and O–H groups in total. The van der Waals surface area contributed by atoms with Crippen LogP contribution >= 0.6 is 0 Å². The van der Waals surface area contributed by atoms with Crippen LogP contribution in [0.3, 0.4) is 0 Å². The lowest BCUT2D eigenvalue weighted by Gasteiger charge is -2.20. The van der Waals surface area contributed by atoms with Gasteiger partial charge in [-0.15, -0.1) is 0 Å². The Hall–Kier alpha value is -1.87. The van der Waals surface area contributed by atoms with Crippen molar-refractivity contribution in [2.24, 2.45) is 7.05 Å². The molecule has 2 rings (SSSR count). The molecule has 0 unspecified atom stereocenters. The van der Waals surface area contributed by atoms with E-state index in [-0.39, 0.29) is 11.8 Å². The van der Waals surface area contributed by atoms with E-state index in [1.807, 2.05) is 45.2 Å². The van der Waals surface area contributed by atoms with E-state index < -0.39 is 0 Å². The topological polar surface area (TPSA) is 26.4 Å². The highest BCUT2D eigenvalue weighted by atomic mass is 16.1. The minimum Gasteiger partial charge on any atom is -0.351 e. The number of carbonyl (C=O) groups is 1. The van der Waals surface area contributed by atoms with Crippen LogP contribution in [0, 0.1) is 13.8 Å². The van der Waals surface area contributed by atoms with Gasteiger partial charge in [0.2, 0.25) is 5.78 Å². The second-order valence-electron chi connectivity index (χ2n) is 6.03. The number of hydrogen-bond acceptors (Lipinski definition) is 1. The second kappa shape index (κ2) is 6.27. The fourth-order valence-electron chi connectivity index (χ4n) is 2.70. The molecule has 0 spiro atoms. The van der Waals surface area contributed by atoms with Gasteiger partial charge in [0.1, 0.15) is 0 Å². The summed E-state index contributed by atoms with van der Waals surface area (Å²) in [6.45, 7) is 4.06. The van der Waals surface area contributed by atoms with Crippen LogP contribution in [0.4, 0.5) is 0 Å². The molecule has 112 valence electrons. The summed E-state index contributed by atoms with van der Waals surface area (Å²) in [4.78, 5) is 14.1. The maximum Gasteiger partial charge on any atom is 0.222 e. The zero-order valence-corrected chi connectivity index (χ0v) is 13.6. The van der Waals surface area contributed by atoms with Crippen LogP contribution in [-0.4, -0.2) is 30.5 Å². The molecular formula is C18H25N2O+. The van der Waals surface area contributed by atoms with E-state index in [0.29, 0.717) is 0 Å². The highest BCUT2D eigenvalue weighted by Gasteiger charge is 2.28. The molecule has 1 aromatic carbocycles. The third kappa shape index (κ3) is 3.24. The molecule has 0 bridgehead atoms. The van der Waals surface area contributed by atoms with Crippen molar-refractivity contribution >= 4 is 5.78 Å². The van der Waals surface area contributed by atoms with E-state index >= 15 is 0 Å². The first-order chi connectivity index (χ1) is 9.91. The minimum atomic E-state index is -0.0482. The molecule has 3 heteroatoms. The summed E-state index contributed by atoms with van der Waals surface area (Å²) in [6.07, 6.45) is 0.773. The number of ketones is 1. The van der Waals surface area contributed by atoms with Crippen LogP contribution in [0.15, 0.2) is 36.4 Å². The zero-order chi connectivity index (χ0) is 15.6. The fraction of sp³-hybridized carbons (Fsp3) is 0.389. The van der Waals surface area contributed by atoms with Crippen molar-refractivity contribution in [2.45, 2.75) is 26.3 Å². The van der Waals surface area contributed by atoms with Gasteiger partial charge >= 0.3 is 0 Å². The number of nitrogens with one attached hydrogen (secondary N) is 1. The van der Waals surface area contributed by atoms with Crippen molar-refractivity contribution in [2.75, 3.05) is 14.1 Å². The molecule has 1 aromatic heterocycles. The summed E-state index contributed by atoms with van der Waals surface area (Å²) in [5, 5.41) is 0. The first-order valence-corrected chi connectivity index (χ1v) is 7.43. The Balaban J connectivity index is 2.30. The van der Waals surface area contributed by atoms with Gasteiger partial charge in [-0.3, -0.25) is 4.79 Å². The number of carbonyl (C=O) groups excluding carboxylic acids is 1. The van der Waals surface area contributed by atoms with Gasteiger partial charge in [0.05, 0.1) is 14.1 Å². The number of aryl methyl sites for hydroxylation is 1. The Morgan fingerprint density at radius 2 is 1.81 bits per heavy atom. The Morgan fingerprint density at radius 3 is 2.29 bits per heavy atom. The van der Waals surface area contributed by atoms with Crippen molar-refractivity contribution in [1.29, 1.82) is 0 Å². The van der Waals surface area contributed by atoms with Crippen molar-refractivity contribution in [3.63, 3.8) is 0 Å². The summed E-state index contributed by atoms with van der Waals surface area (Å²) < 4.78 is 2.08. The lowest BCUT2D eigenvalue weighted by molar-refractivity contribution is -0.874. The molecule has 1 atom stereocenters. The van der Waals surface area contributed by atoms with E-state index in [2.05, 4.69) is 30.8 Å². The van der Waals surface area contributed by atoms with E-state index in [4.69, 9.17) is 0 Å². The van der Waals surface area contributed by atoms with E-state index in [0.717, 1.165) is 23.4 Å². The largest absolute Gasteiger partial charge is 0.351 e. The van der Waals surface area contributed by atoms with Crippen LogP contribution < -0.4 is 4.90 Å². The van der Waals surface area contributed by atoms with Crippen LogP contribution in [0.25, 0.3) is 0 Å². The lowest BCUT2D eigenvalue weighted by atomic mass is 9.97. The quantitative estimate of drug-likeness (QED) is 0.830. The van der Waals surface area contributed by atoms with E-state index in [1.165, 1.54) is 10.5 Å². The Kier molecular flexibility index (Phi) is 4.63. The SMILES string of the molecule is Cc1cc(C(=O)[C@H](Cc2ccccc2)[NH+](C)C)c(C)n1C. The number of Topliss-reactive ketones (excluding diaryl/α,β-unsaturated/α-hetero) is 1. The molecule has 0 fully saturated rings. The highest BCUT2D eigenvalue weighted by Crippen LogP contribution is 2.16. The van der Waals surface area contributed by atoms with Crippen molar-refractivity contribution in [3.05, 3.63) is 58.9 Å². The highest BCUT2D eigenvalue weighted by molar-refractivity contribution is 6.00. The lowest BCUT2D eigenvalue weighted by Crippen LogP contribution is -3.11. The third-order valence-electron chi connectivity index (χ3n) is 4.34. The van der Waals surface area contributed by atoms with Gasteiger partial charge in [-0.1, -0.05) is 30.3 Å². The molecule has 0 aliphatic heterocycles. The molecule has 0 aliphatic rings. The number of rotatable bonds is 5. The van der Waals surface area contributed by atoms with Crippen LogP contribution in [0.5, 0.6) is 0 Å². The Bertz CT molecular complexity index is 626. The molecule has 0 saturated carbocycles. The molecule has 0 aliphatic carbocycles. The van der Waals surface area contributed by atoms with Gasteiger partial charge in [-0.25, -0.2) is 0 Å². The predicted molar refractivity (Wildman–Crippen MR) is 86.0 cm³/mol. The summed E-state index contributed by atoms with van der Waals surface area (Å²) >= 11 is 0. The summed E-state index contributed by atoms with van der Waals surface area (Å²) in [7, 11) is 6.11. The zero-order valence-electron chi connectivity index (χ0n) is 13.6. The summed E-state index contributed by atoms with van der Waals surface area (Å²) in [5.41, 5.74) is 4.25. The molecule has 0 saturated heterocycles. The summed E-state index contributed by atoms with van der Waals surface area (Å²) in [6, 6.07) is 12.2. The maximum atomic E-state index is 12.9. The van der Waals surface area contributed by atoms with Crippen LogP contribution in [0.1, 0.15) is 27.3 Å². The van der Waals surface area contributed by atoms with Crippen LogP contribution in [0.2, 0.25) is 0 Å². The van der Waals surface area contributed by atoms with Gasteiger partial charge in [-0.05, 0) is 25.5 Å². The third-order valence-corrected chi connectivity index (χ3v) is 4.34. The first-order valence-electron chi connectivity index (χ1n) is 7.43. The number of nitrogens with zero attached hydrogens (tertiary/aromatic N) is 1. The second-order valence-corrected chi connectivity index (χ2v) is 6.03. The van der Waals surface area contributed by atoms with Gasteiger partial charge < -0.3 is 9.47 Å². The van der Waals surface area contributed by atoms with E-state index in [9.17, 15) is 4.79 Å². The van der Waals surface area contributed by atoms with Crippen molar-refractivity contribution in [1.82, 2.24) is 4.57 Å². The molecule has 0 amide bonds. The van der Waals surface area contributed by atoms with Gasteiger partial charge in [-0.2, -0.15) is 0 Å². The average Bonchev–Trinajstić information content (AvgIpc) is 2.72. The number of aromatic nitrogens is 1. The number of quaternary nitrogens is 1. The van der Waals surface area contributed by atoms with Crippen molar-refractivity contribution < 1.29 is 9.69 Å². The summed E-state index contributed by atoms with van der Waals surface area (Å²) in [5.74, 6) is 0.236. The molecule has 3 nitrogen and oxygen atoms in total. The van der Waals surface area contributed by atoms with Crippen molar-refractivity contribution in [3.8, 4) is 0 Å². The normalized spacial score (nSPS) is 12.7. The number of likely N-dealkylation sites (N-methyl/N-ethyl adjacent to an activating group) is 1. The average molecular weight is 285 g/mol. The monoisotopic (exact) mass is 285 g/mol. The van der Waals surface area contributed by atoms with Crippen LogP contribution in [-0.2, 0) is 13.5 Å². The minimum absolute atomic E-state index is 0.0482. The van der Waals surface area contributed by atoms with Gasteiger partial charge in [0.25, 0.3) is 0 Å². The first kappa shape index (κ1) is 15.5. The van der Waals surface area contributed by atoms with E-state index in [1.54, 1.807) is 0 Å².